The zero-order valence-corrected chi connectivity index (χ0v) is 19.4. The number of aromatic nitrogens is 4. The molecule has 0 unspecified atom stereocenters. The molecular formula is C21H25N5O3S2. The topological polar surface area (TPSA) is 91.0 Å². The van der Waals surface area contributed by atoms with E-state index >= 15 is 0 Å². The van der Waals surface area contributed by atoms with E-state index in [-0.39, 0.29) is 11.7 Å². The van der Waals surface area contributed by atoms with Crippen molar-refractivity contribution >= 4 is 40.0 Å². The summed E-state index contributed by atoms with van der Waals surface area (Å²) >= 11 is 2.68. The van der Waals surface area contributed by atoms with Gasteiger partial charge in [0.05, 0.1) is 18.4 Å². The summed E-state index contributed by atoms with van der Waals surface area (Å²) in [7, 11) is 3.31. The number of amides is 1. The Kier molecular flexibility index (Phi) is 7.69. The molecule has 8 nitrogen and oxygen atoms in total. The van der Waals surface area contributed by atoms with Gasteiger partial charge in [0.1, 0.15) is 10.8 Å². The normalized spacial score (nSPS) is 10.8. The van der Waals surface area contributed by atoms with Crippen LogP contribution in [-0.4, -0.2) is 44.1 Å². The van der Waals surface area contributed by atoms with Crippen LogP contribution in [0.4, 0.5) is 5.00 Å². The molecule has 0 aliphatic heterocycles. The first-order chi connectivity index (χ1) is 15.0. The average molecular weight is 460 g/mol. The van der Waals surface area contributed by atoms with E-state index in [2.05, 4.69) is 22.1 Å². The second kappa shape index (κ2) is 10.5. The van der Waals surface area contributed by atoms with Crippen LogP contribution in [-0.2, 0) is 36.0 Å². The zero-order valence-electron chi connectivity index (χ0n) is 17.8. The van der Waals surface area contributed by atoms with E-state index in [1.54, 1.807) is 12.1 Å². The fourth-order valence-electron chi connectivity index (χ4n) is 2.97. The number of esters is 1. The van der Waals surface area contributed by atoms with E-state index in [4.69, 9.17) is 4.74 Å². The van der Waals surface area contributed by atoms with Crippen molar-refractivity contribution < 1.29 is 14.3 Å². The summed E-state index contributed by atoms with van der Waals surface area (Å²) in [5.74, 6) is 0.259. The van der Waals surface area contributed by atoms with Gasteiger partial charge in [0.2, 0.25) is 5.91 Å². The molecular weight excluding hydrogens is 434 g/mol. The molecule has 3 aromatic rings. The first-order valence-corrected chi connectivity index (χ1v) is 11.5. The van der Waals surface area contributed by atoms with Gasteiger partial charge >= 0.3 is 5.97 Å². The van der Waals surface area contributed by atoms with Crippen LogP contribution in [0.15, 0.2) is 42.2 Å². The van der Waals surface area contributed by atoms with Gasteiger partial charge in [-0.2, -0.15) is 0 Å². The number of hydrogen-bond donors (Lipinski definition) is 1. The summed E-state index contributed by atoms with van der Waals surface area (Å²) in [5, 5.41) is 12.6. The fraction of sp³-hybridized carbons (Fsp3) is 0.333. The molecule has 3 aromatic heterocycles. The molecule has 0 bridgehead atoms. The lowest BCUT2D eigenvalue weighted by Gasteiger charge is -2.09. The number of anilines is 1. The minimum atomic E-state index is -0.463. The molecule has 0 saturated heterocycles. The van der Waals surface area contributed by atoms with Crippen molar-refractivity contribution in [3.05, 3.63) is 59.0 Å². The van der Waals surface area contributed by atoms with Crippen molar-refractivity contribution in [1.82, 2.24) is 19.3 Å². The van der Waals surface area contributed by atoms with Gasteiger partial charge in [0.25, 0.3) is 0 Å². The van der Waals surface area contributed by atoms with E-state index in [0.717, 1.165) is 22.8 Å². The van der Waals surface area contributed by atoms with Crippen molar-refractivity contribution in [2.45, 2.75) is 31.5 Å². The lowest BCUT2D eigenvalue weighted by Crippen LogP contribution is -2.16. The second-order valence-corrected chi connectivity index (χ2v) is 8.80. The molecule has 0 aliphatic rings. The molecule has 0 aromatic carbocycles. The van der Waals surface area contributed by atoms with Crippen molar-refractivity contribution in [2.75, 3.05) is 18.2 Å². The highest BCUT2D eigenvalue weighted by Gasteiger charge is 2.19. The number of allylic oxidation sites excluding steroid dienone is 1. The molecule has 1 amide bonds. The smallest absolute Gasteiger partial charge is 0.340 e. The molecule has 3 heterocycles. The van der Waals surface area contributed by atoms with Crippen LogP contribution in [0.3, 0.4) is 0 Å². The Labute approximate surface area is 189 Å². The number of rotatable bonds is 10. The fourth-order valence-corrected chi connectivity index (χ4v) is 4.74. The lowest BCUT2D eigenvalue weighted by atomic mass is 10.2. The first-order valence-electron chi connectivity index (χ1n) is 9.73. The van der Waals surface area contributed by atoms with Crippen LogP contribution in [0, 0.1) is 0 Å². The van der Waals surface area contributed by atoms with Crippen LogP contribution in [0.25, 0.3) is 0 Å². The Morgan fingerprint density at radius 1 is 1.39 bits per heavy atom. The van der Waals surface area contributed by atoms with Gasteiger partial charge in [0, 0.05) is 36.8 Å². The van der Waals surface area contributed by atoms with Gasteiger partial charge in [-0.3, -0.25) is 4.79 Å². The zero-order chi connectivity index (χ0) is 22.4. The van der Waals surface area contributed by atoms with Crippen LogP contribution in [0.2, 0.25) is 0 Å². The van der Waals surface area contributed by atoms with Crippen LogP contribution in [0.5, 0.6) is 0 Å². The maximum absolute atomic E-state index is 12.6. The Bertz CT molecular complexity index is 1080. The van der Waals surface area contributed by atoms with Crippen LogP contribution >= 0.6 is 23.1 Å². The third kappa shape index (κ3) is 5.45. The molecule has 0 atom stereocenters. The van der Waals surface area contributed by atoms with Gasteiger partial charge in [-0.15, -0.1) is 28.1 Å². The predicted molar refractivity (Wildman–Crippen MR) is 123 cm³/mol. The van der Waals surface area contributed by atoms with E-state index in [1.807, 2.05) is 41.4 Å². The Morgan fingerprint density at radius 2 is 2.19 bits per heavy atom. The van der Waals surface area contributed by atoms with E-state index in [9.17, 15) is 9.59 Å². The van der Waals surface area contributed by atoms with E-state index in [1.165, 1.54) is 30.2 Å². The summed E-state index contributed by atoms with van der Waals surface area (Å²) in [6, 6.07) is 5.79. The highest BCUT2D eigenvalue weighted by molar-refractivity contribution is 7.99. The van der Waals surface area contributed by atoms with Crippen LogP contribution in [0.1, 0.15) is 33.7 Å². The predicted octanol–water partition coefficient (Wildman–Crippen LogP) is 3.53. The quantitative estimate of drug-likeness (QED) is 0.283. The number of aryl methyl sites for hydroxylation is 2. The number of nitrogens with zero attached hydrogens (tertiary/aromatic N) is 4. The lowest BCUT2D eigenvalue weighted by molar-refractivity contribution is -0.113. The highest BCUT2D eigenvalue weighted by Crippen LogP contribution is 2.29. The van der Waals surface area contributed by atoms with Gasteiger partial charge < -0.3 is 19.2 Å². The number of thiophene rings is 1. The molecule has 1 N–H and O–H groups in total. The minimum absolute atomic E-state index is 0.138. The molecule has 0 saturated carbocycles. The number of hydrogen-bond acceptors (Lipinski definition) is 7. The number of carbonyl (C=O) groups is 2. The van der Waals surface area contributed by atoms with Gasteiger partial charge in [0.15, 0.2) is 5.16 Å². The Hall–Kier alpha value is -2.85. The summed E-state index contributed by atoms with van der Waals surface area (Å²) in [6.07, 6.45) is 5.17. The molecule has 0 fully saturated rings. The van der Waals surface area contributed by atoms with Crippen LogP contribution < -0.4 is 5.32 Å². The molecule has 0 radical (unpaired) electrons. The van der Waals surface area contributed by atoms with Gasteiger partial charge in [-0.05, 0) is 24.6 Å². The second-order valence-electron chi connectivity index (χ2n) is 6.72. The van der Waals surface area contributed by atoms with Crippen molar-refractivity contribution in [3.8, 4) is 0 Å². The Balaban J connectivity index is 1.69. The summed E-state index contributed by atoms with van der Waals surface area (Å²) < 4.78 is 8.82. The monoisotopic (exact) mass is 459 g/mol. The molecule has 10 heteroatoms. The summed E-state index contributed by atoms with van der Waals surface area (Å²) in [5.41, 5.74) is 1.49. The number of methoxy groups -OCH3 is 1. The summed E-state index contributed by atoms with van der Waals surface area (Å²) in [4.78, 5) is 25.6. The maximum Gasteiger partial charge on any atom is 0.340 e. The largest absolute Gasteiger partial charge is 0.465 e. The average Bonchev–Trinajstić information content (AvgIpc) is 3.46. The molecule has 3 rings (SSSR count). The van der Waals surface area contributed by atoms with E-state index in [0.29, 0.717) is 28.7 Å². The summed E-state index contributed by atoms with van der Waals surface area (Å²) in [6.45, 7) is 6.36. The van der Waals surface area contributed by atoms with Crippen molar-refractivity contribution in [3.63, 3.8) is 0 Å². The minimum Gasteiger partial charge on any atom is -0.465 e. The Morgan fingerprint density at radius 3 is 2.84 bits per heavy atom. The SMILES string of the molecule is C=CCn1c(Cc2cccn2C)nnc1SCC(=O)Nc1sc(CC)cc1C(=O)OC. The highest BCUT2D eigenvalue weighted by atomic mass is 32.2. The van der Waals surface area contributed by atoms with E-state index < -0.39 is 5.97 Å². The number of thioether (sulfide) groups is 1. The first kappa shape index (κ1) is 22.8. The molecule has 164 valence electrons. The molecule has 31 heavy (non-hydrogen) atoms. The maximum atomic E-state index is 12.6. The molecule has 0 aliphatic carbocycles. The third-order valence-corrected chi connectivity index (χ3v) is 6.78. The number of carbonyl (C=O) groups excluding carboxylic acids is 2. The standard InChI is InChI=1S/C21H25N5O3S2/c1-5-9-26-17(11-14-8-7-10-25(14)3)23-24-21(26)30-13-18(27)22-19-16(20(28)29-4)12-15(6-2)31-19/h5,7-8,10,12H,1,6,9,11,13H2,2-4H3,(H,22,27). The van der Waals surface area contributed by atoms with Gasteiger partial charge in [-0.1, -0.05) is 24.8 Å². The molecule has 0 spiro atoms. The number of nitrogens with one attached hydrogen (secondary N) is 1. The van der Waals surface area contributed by atoms with Crippen molar-refractivity contribution in [1.29, 1.82) is 0 Å². The van der Waals surface area contributed by atoms with Gasteiger partial charge in [-0.25, -0.2) is 4.79 Å². The number of ether oxygens (including phenoxy) is 1. The third-order valence-electron chi connectivity index (χ3n) is 4.62. The van der Waals surface area contributed by atoms with Crippen molar-refractivity contribution in [2.24, 2.45) is 7.05 Å².